The molecule has 2 amide bonds. The molecule has 2 aromatic carbocycles. The van der Waals surface area contributed by atoms with Gasteiger partial charge in [-0.3, -0.25) is 10.1 Å². The van der Waals surface area contributed by atoms with E-state index in [9.17, 15) is 18.0 Å². The highest BCUT2D eigenvalue weighted by Gasteiger charge is 2.33. The molecule has 0 aliphatic carbocycles. The Balaban J connectivity index is 1.57. The van der Waals surface area contributed by atoms with Crippen LogP contribution in [-0.4, -0.2) is 56.3 Å². The Morgan fingerprint density at radius 2 is 1.94 bits per heavy atom. The number of carbonyl (C=O) groups is 2. The molecule has 1 aliphatic rings. The van der Waals surface area contributed by atoms with Gasteiger partial charge in [-0.25, -0.2) is 18.2 Å². The summed E-state index contributed by atoms with van der Waals surface area (Å²) in [6.07, 6.45) is 2.32. The van der Waals surface area contributed by atoms with E-state index in [-0.39, 0.29) is 23.1 Å². The zero-order valence-corrected chi connectivity index (χ0v) is 21.0. The van der Waals surface area contributed by atoms with E-state index in [2.05, 4.69) is 20.4 Å². The number of aromatic nitrogens is 1. The van der Waals surface area contributed by atoms with E-state index >= 15 is 0 Å². The predicted octanol–water partition coefficient (Wildman–Crippen LogP) is 3.56. The van der Waals surface area contributed by atoms with Crippen molar-refractivity contribution in [2.24, 2.45) is 0 Å². The molecule has 1 saturated heterocycles. The largest absolute Gasteiger partial charge is 0.453 e. The standard InChI is InChI=1S/C25H29N5O5S/c1-3-36(33,34)22-9-7-18(29-25(32)35-2)14-20(22)21-5-4-12-30(21)23(31)15-28-17-6-8-19-16(13-17)10-11-27-24(19)26/h6-11,13-14,21,28H,3-5,12,15H2,1-2H3,(H2,26,27)(H,29,32)/t21-/m1/s1. The fraction of sp³-hybridized carbons (Fsp3) is 0.320. The van der Waals surface area contributed by atoms with Gasteiger partial charge in [0.1, 0.15) is 5.82 Å². The van der Waals surface area contributed by atoms with E-state index in [1.54, 1.807) is 24.1 Å². The van der Waals surface area contributed by atoms with Gasteiger partial charge in [-0.1, -0.05) is 6.92 Å². The third-order valence-corrected chi connectivity index (χ3v) is 8.13. The van der Waals surface area contributed by atoms with Gasteiger partial charge >= 0.3 is 6.09 Å². The van der Waals surface area contributed by atoms with Gasteiger partial charge in [-0.05, 0) is 66.3 Å². The maximum atomic E-state index is 13.3. The van der Waals surface area contributed by atoms with Crippen LogP contribution in [0.5, 0.6) is 0 Å². The third-order valence-electron chi connectivity index (χ3n) is 6.33. The number of amides is 2. The van der Waals surface area contributed by atoms with Gasteiger partial charge in [0.05, 0.1) is 30.3 Å². The first-order valence-corrected chi connectivity index (χ1v) is 13.3. The van der Waals surface area contributed by atoms with Crippen molar-refractivity contribution in [2.75, 3.05) is 42.3 Å². The summed E-state index contributed by atoms with van der Waals surface area (Å²) in [6.45, 7) is 2.12. The Kier molecular flexibility index (Phi) is 7.30. The number of ether oxygens (including phenoxy) is 1. The number of fused-ring (bicyclic) bond motifs is 1. The lowest BCUT2D eigenvalue weighted by atomic mass is 10.0. The van der Waals surface area contributed by atoms with Crippen molar-refractivity contribution in [1.29, 1.82) is 0 Å². The molecule has 0 saturated carbocycles. The SMILES string of the molecule is CCS(=O)(=O)c1ccc(NC(=O)OC)cc1[C@H]1CCCN1C(=O)CNc1ccc2c(N)nccc2c1. The molecule has 4 rings (SSSR count). The normalized spacial score (nSPS) is 15.6. The summed E-state index contributed by atoms with van der Waals surface area (Å²) in [6, 6.07) is 11.6. The molecule has 1 atom stereocenters. The van der Waals surface area contributed by atoms with Crippen LogP contribution in [0, 0.1) is 0 Å². The zero-order chi connectivity index (χ0) is 25.9. The first-order chi connectivity index (χ1) is 17.2. The maximum absolute atomic E-state index is 13.3. The van der Waals surface area contributed by atoms with Crippen molar-refractivity contribution in [3.05, 3.63) is 54.2 Å². The Labute approximate surface area is 209 Å². The van der Waals surface area contributed by atoms with Crippen molar-refractivity contribution in [2.45, 2.75) is 30.7 Å². The second-order valence-electron chi connectivity index (χ2n) is 8.50. The summed E-state index contributed by atoms with van der Waals surface area (Å²) in [5, 5.41) is 7.48. The van der Waals surface area contributed by atoms with E-state index in [4.69, 9.17) is 5.73 Å². The molecule has 0 radical (unpaired) electrons. The van der Waals surface area contributed by atoms with Gasteiger partial charge in [0.25, 0.3) is 0 Å². The number of benzene rings is 2. The number of hydrogen-bond donors (Lipinski definition) is 3. The van der Waals surface area contributed by atoms with Crippen LogP contribution < -0.4 is 16.4 Å². The lowest BCUT2D eigenvalue weighted by molar-refractivity contribution is -0.130. The van der Waals surface area contributed by atoms with E-state index < -0.39 is 22.0 Å². The fourth-order valence-corrected chi connectivity index (χ4v) is 5.61. The lowest BCUT2D eigenvalue weighted by Crippen LogP contribution is -2.35. The monoisotopic (exact) mass is 511 g/mol. The quantitative estimate of drug-likeness (QED) is 0.437. The highest BCUT2D eigenvalue weighted by Crippen LogP contribution is 2.37. The highest BCUT2D eigenvalue weighted by molar-refractivity contribution is 7.91. The van der Waals surface area contributed by atoms with Crippen molar-refractivity contribution in [1.82, 2.24) is 9.88 Å². The minimum atomic E-state index is -3.56. The second kappa shape index (κ2) is 10.4. The summed E-state index contributed by atoms with van der Waals surface area (Å²) in [5.41, 5.74) is 7.56. The molecule has 0 bridgehead atoms. The lowest BCUT2D eigenvalue weighted by Gasteiger charge is -2.27. The summed E-state index contributed by atoms with van der Waals surface area (Å²) in [5.74, 6) is 0.211. The van der Waals surface area contributed by atoms with Gasteiger partial charge in [-0.2, -0.15) is 0 Å². The number of carbonyl (C=O) groups excluding carboxylic acids is 2. The van der Waals surface area contributed by atoms with Gasteiger partial charge in [0, 0.05) is 29.5 Å². The molecular weight excluding hydrogens is 482 g/mol. The number of hydrogen-bond acceptors (Lipinski definition) is 8. The first kappa shape index (κ1) is 25.2. The molecule has 190 valence electrons. The van der Waals surface area contributed by atoms with Crippen molar-refractivity contribution >= 4 is 49.8 Å². The second-order valence-corrected chi connectivity index (χ2v) is 10.8. The van der Waals surface area contributed by atoms with Crippen molar-refractivity contribution in [3.63, 3.8) is 0 Å². The van der Waals surface area contributed by atoms with E-state index in [1.165, 1.54) is 19.2 Å². The number of rotatable bonds is 7. The molecule has 10 nitrogen and oxygen atoms in total. The average molecular weight is 512 g/mol. The molecule has 1 aliphatic heterocycles. The van der Waals surface area contributed by atoms with Gasteiger partial charge in [0.2, 0.25) is 5.91 Å². The Hall–Kier alpha value is -3.86. The van der Waals surface area contributed by atoms with Gasteiger partial charge < -0.3 is 20.7 Å². The predicted molar refractivity (Wildman–Crippen MR) is 139 cm³/mol. The highest BCUT2D eigenvalue weighted by atomic mass is 32.2. The number of nitrogens with two attached hydrogens (primary N) is 1. The molecule has 0 unspecified atom stereocenters. The molecule has 1 aromatic heterocycles. The summed E-state index contributed by atoms with van der Waals surface area (Å²) in [7, 11) is -2.31. The maximum Gasteiger partial charge on any atom is 0.411 e. The molecule has 36 heavy (non-hydrogen) atoms. The van der Waals surface area contributed by atoms with Crippen LogP contribution >= 0.6 is 0 Å². The Morgan fingerprint density at radius 3 is 2.69 bits per heavy atom. The van der Waals surface area contributed by atoms with E-state index in [1.807, 2.05) is 24.3 Å². The van der Waals surface area contributed by atoms with Crippen LogP contribution in [0.2, 0.25) is 0 Å². The van der Waals surface area contributed by atoms with Crippen LogP contribution in [0.1, 0.15) is 31.4 Å². The first-order valence-electron chi connectivity index (χ1n) is 11.6. The van der Waals surface area contributed by atoms with Crippen molar-refractivity contribution in [3.8, 4) is 0 Å². The minimum Gasteiger partial charge on any atom is -0.453 e. The number of nitrogens with zero attached hydrogens (tertiary/aromatic N) is 2. The zero-order valence-electron chi connectivity index (χ0n) is 20.2. The number of likely N-dealkylation sites (tertiary alicyclic amines) is 1. The number of anilines is 3. The summed E-state index contributed by atoms with van der Waals surface area (Å²) >= 11 is 0. The smallest absolute Gasteiger partial charge is 0.411 e. The van der Waals surface area contributed by atoms with Crippen LogP contribution in [0.4, 0.5) is 22.0 Å². The van der Waals surface area contributed by atoms with E-state index in [0.29, 0.717) is 30.0 Å². The average Bonchev–Trinajstić information content (AvgIpc) is 3.37. The molecule has 11 heteroatoms. The number of nitrogens with one attached hydrogen (secondary N) is 2. The van der Waals surface area contributed by atoms with Crippen LogP contribution in [0.25, 0.3) is 10.8 Å². The fourth-order valence-electron chi connectivity index (χ4n) is 4.47. The van der Waals surface area contributed by atoms with Crippen LogP contribution in [0.15, 0.2) is 53.6 Å². The number of pyridine rings is 1. The summed E-state index contributed by atoms with van der Waals surface area (Å²) < 4.78 is 30.3. The number of sulfone groups is 1. The number of nitrogen functional groups attached to an aromatic ring is 1. The molecule has 0 spiro atoms. The molecule has 3 aromatic rings. The van der Waals surface area contributed by atoms with Gasteiger partial charge in [-0.15, -0.1) is 0 Å². The summed E-state index contributed by atoms with van der Waals surface area (Å²) in [4.78, 5) is 30.9. The topological polar surface area (TPSA) is 144 Å². The van der Waals surface area contributed by atoms with E-state index in [0.717, 1.165) is 22.9 Å². The van der Waals surface area contributed by atoms with Gasteiger partial charge in [0.15, 0.2) is 9.84 Å². The third kappa shape index (κ3) is 5.20. The van der Waals surface area contributed by atoms with Crippen LogP contribution in [-0.2, 0) is 19.4 Å². The van der Waals surface area contributed by atoms with Crippen molar-refractivity contribution < 1.29 is 22.7 Å². The minimum absolute atomic E-state index is 0.0402. The Morgan fingerprint density at radius 1 is 1.17 bits per heavy atom. The number of methoxy groups -OCH3 is 1. The molecule has 4 N–H and O–H groups in total. The molecular formula is C25H29N5O5S. The molecule has 1 fully saturated rings. The Bertz CT molecular complexity index is 1410. The molecule has 2 heterocycles. The van der Waals surface area contributed by atoms with Crippen LogP contribution in [0.3, 0.4) is 0 Å².